The summed E-state index contributed by atoms with van der Waals surface area (Å²) >= 11 is 0. The highest BCUT2D eigenvalue weighted by molar-refractivity contribution is 6.04. The van der Waals surface area contributed by atoms with Gasteiger partial charge in [0, 0.05) is 37.7 Å². The Balaban J connectivity index is 1.32. The summed E-state index contributed by atoms with van der Waals surface area (Å²) < 4.78 is 21.7. The van der Waals surface area contributed by atoms with Gasteiger partial charge >= 0.3 is 0 Å². The zero-order valence-corrected chi connectivity index (χ0v) is 18.6. The molecule has 0 unspecified atom stereocenters. The number of fused-ring (bicyclic) bond motifs is 1. The lowest BCUT2D eigenvalue weighted by Gasteiger charge is -2.22. The largest absolute Gasteiger partial charge is 0.438 e. The van der Waals surface area contributed by atoms with E-state index in [1.165, 1.54) is 27.7 Å². The molecule has 2 aliphatic rings. The first-order valence-corrected chi connectivity index (χ1v) is 10.8. The molecule has 0 saturated heterocycles. The number of ether oxygens (including phenoxy) is 1. The molecule has 3 aromatic rings. The molecule has 2 aromatic heterocycles. The molecule has 1 fully saturated rings. The first-order chi connectivity index (χ1) is 16.4. The summed E-state index contributed by atoms with van der Waals surface area (Å²) in [6.07, 6.45) is 5.65. The number of benzene rings is 1. The van der Waals surface area contributed by atoms with E-state index in [4.69, 9.17) is 4.74 Å². The summed E-state index contributed by atoms with van der Waals surface area (Å²) in [6, 6.07) is 7.33. The number of carbonyl (C=O) groups excluding carboxylic acids is 2. The molecule has 1 saturated carbocycles. The molecular weight excluding hydrogens is 441 g/mol. The molecule has 174 valence electrons. The van der Waals surface area contributed by atoms with Gasteiger partial charge in [-0.25, -0.2) is 13.9 Å². The number of amides is 2. The molecule has 10 nitrogen and oxygen atoms in total. The van der Waals surface area contributed by atoms with Crippen LogP contribution in [0.3, 0.4) is 0 Å². The van der Waals surface area contributed by atoms with E-state index in [2.05, 4.69) is 25.8 Å². The van der Waals surface area contributed by atoms with Crippen LogP contribution in [0.25, 0.3) is 5.65 Å². The lowest BCUT2D eigenvalue weighted by atomic mass is 10.1. The highest BCUT2D eigenvalue weighted by Gasteiger charge is 2.30. The van der Waals surface area contributed by atoms with Crippen molar-refractivity contribution < 1.29 is 18.7 Å². The van der Waals surface area contributed by atoms with Crippen molar-refractivity contribution in [1.82, 2.24) is 19.6 Å². The number of nitrogens with zero attached hydrogens (tertiary/aromatic N) is 5. The Morgan fingerprint density at radius 1 is 1.18 bits per heavy atom. The minimum Gasteiger partial charge on any atom is -0.438 e. The fourth-order valence-corrected chi connectivity index (χ4v) is 3.59. The number of hydrazone groups is 1. The van der Waals surface area contributed by atoms with Crippen LogP contribution < -0.4 is 15.4 Å². The Hall–Kier alpha value is -4.28. The zero-order chi connectivity index (χ0) is 23.8. The van der Waals surface area contributed by atoms with Crippen LogP contribution in [0.4, 0.5) is 15.9 Å². The number of hydrogen-bond donors (Lipinski definition) is 2. The van der Waals surface area contributed by atoms with Gasteiger partial charge in [-0.1, -0.05) is 0 Å². The van der Waals surface area contributed by atoms with Gasteiger partial charge in [0.15, 0.2) is 11.5 Å². The maximum atomic E-state index is 14.4. The minimum absolute atomic E-state index is 0.0282. The van der Waals surface area contributed by atoms with E-state index < -0.39 is 11.7 Å². The van der Waals surface area contributed by atoms with Gasteiger partial charge in [0.1, 0.15) is 17.3 Å². The summed E-state index contributed by atoms with van der Waals surface area (Å²) in [4.78, 5) is 29.0. The van der Waals surface area contributed by atoms with E-state index in [0.717, 1.165) is 18.4 Å². The topological polar surface area (TPSA) is 113 Å². The van der Waals surface area contributed by atoms with Crippen molar-refractivity contribution in [3.05, 3.63) is 53.6 Å². The van der Waals surface area contributed by atoms with Gasteiger partial charge in [0.25, 0.3) is 5.91 Å². The molecule has 0 bridgehead atoms. The van der Waals surface area contributed by atoms with Crippen molar-refractivity contribution in [2.24, 2.45) is 11.0 Å². The summed E-state index contributed by atoms with van der Waals surface area (Å²) in [7, 11) is 1.66. The Kier molecular flexibility index (Phi) is 5.44. The van der Waals surface area contributed by atoms with Crippen LogP contribution in [0.5, 0.6) is 11.6 Å². The quantitative estimate of drug-likeness (QED) is 0.578. The summed E-state index contributed by atoms with van der Waals surface area (Å²) in [5, 5.41) is 15.3. The number of carbonyl (C=O) groups is 2. The van der Waals surface area contributed by atoms with Gasteiger partial charge in [-0.15, -0.1) is 5.10 Å². The molecule has 1 aliphatic carbocycles. The summed E-state index contributed by atoms with van der Waals surface area (Å²) in [5.74, 6) is -0.119. The van der Waals surface area contributed by atoms with Crippen LogP contribution in [0.15, 0.2) is 52.9 Å². The Morgan fingerprint density at radius 2 is 2.00 bits per heavy atom. The number of aromatic nitrogens is 3. The first-order valence-electron chi connectivity index (χ1n) is 10.8. The lowest BCUT2D eigenvalue weighted by Crippen LogP contribution is -2.28. The maximum absolute atomic E-state index is 14.4. The number of allylic oxidation sites excluding steroid dienone is 1. The predicted molar refractivity (Wildman–Crippen MR) is 123 cm³/mol. The summed E-state index contributed by atoms with van der Waals surface area (Å²) in [5.41, 5.74) is 1.70. The fraction of sp³-hybridized carbons (Fsp3) is 0.261. The van der Waals surface area contributed by atoms with Gasteiger partial charge in [0.05, 0.1) is 11.9 Å². The van der Waals surface area contributed by atoms with Crippen LogP contribution in [-0.2, 0) is 9.59 Å². The second-order valence-electron chi connectivity index (χ2n) is 8.22. The van der Waals surface area contributed by atoms with Crippen molar-refractivity contribution in [2.45, 2.75) is 26.2 Å². The van der Waals surface area contributed by atoms with Crippen LogP contribution in [0, 0.1) is 11.7 Å². The normalized spacial score (nSPS) is 15.6. The third-order valence-corrected chi connectivity index (χ3v) is 5.50. The van der Waals surface area contributed by atoms with Crippen molar-refractivity contribution in [2.75, 3.05) is 17.7 Å². The Bertz CT molecular complexity index is 1360. The number of rotatable bonds is 6. The number of hydrogen-bond acceptors (Lipinski definition) is 7. The van der Waals surface area contributed by atoms with Crippen LogP contribution in [-0.4, -0.2) is 44.7 Å². The van der Waals surface area contributed by atoms with Gasteiger partial charge in [0.2, 0.25) is 11.8 Å². The average molecular weight is 463 g/mol. The molecule has 34 heavy (non-hydrogen) atoms. The van der Waals surface area contributed by atoms with E-state index in [9.17, 15) is 14.0 Å². The molecule has 3 heterocycles. The highest BCUT2D eigenvalue weighted by atomic mass is 19.1. The Labute approximate surface area is 194 Å². The Morgan fingerprint density at radius 3 is 2.76 bits per heavy atom. The van der Waals surface area contributed by atoms with E-state index in [1.54, 1.807) is 31.6 Å². The van der Waals surface area contributed by atoms with E-state index in [-0.39, 0.29) is 29.1 Å². The third-order valence-electron chi connectivity index (χ3n) is 5.50. The number of nitrogens with one attached hydrogen (secondary N) is 2. The standard InChI is InChI=1S/C23H22FN7O3/c1-13-9-10-25-30(2)21(13)23(33)26-17-11-15(5-6-16(17)24)34-20-8-7-19-27-18(12-31(19)29-20)28-22(32)14-3-4-14/h5-8,10-12,14H,3-4,9H2,1-2H3,(H,26,33)(H,28,32). The molecule has 11 heteroatoms. The van der Waals surface area contributed by atoms with Gasteiger partial charge in [-0.3, -0.25) is 14.6 Å². The number of halogens is 1. The molecule has 2 N–H and O–H groups in total. The first kappa shape index (κ1) is 21.6. The smallest absolute Gasteiger partial charge is 0.273 e. The van der Waals surface area contributed by atoms with Crippen molar-refractivity contribution in [3.8, 4) is 11.6 Å². The third kappa shape index (κ3) is 4.45. The van der Waals surface area contributed by atoms with Crippen molar-refractivity contribution in [1.29, 1.82) is 0 Å². The van der Waals surface area contributed by atoms with E-state index >= 15 is 0 Å². The van der Waals surface area contributed by atoms with Gasteiger partial charge in [-0.05, 0) is 43.5 Å². The zero-order valence-electron chi connectivity index (χ0n) is 18.6. The number of imidazole rings is 1. The van der Waals surface area contributed by atoms with E-state index in [1.807, 2.05) is 6.92 Å². The fourth-order valence-electron chi connectivity index (χ4n) is 3.59. The molecule has 0 radical (unpaired) electrons. The number of anilines is 2. The molecule has 5 rings (SSSR count). The lowest BCUT2D eigenvalue weighted by molar-refractivity contribution is -0.117. The van der Waals surface area contributed by atoms with Crippen molar-refractivity contribution in [3.63, 3.8) is 0 Å². The molecular formula is C23H22FN7O3. The monoisotopic (exact) mass is 463 g/mol. The highest BCUT2D eigenvalue weighted by Crippen LogP contribution is 2.30. The molecule has 0 atom stereocenters. The van der Waals surface area contributed by atoms with Crippen LogP contribution in [0.2, 0.25) is 0 Å². The predicted octanol–water partition coefficient (Wildman–Crippen LogP) is 3.54. The van der Waals surface area contributed by atoms with E-state index in [0.29, 0.717) is 23.6 Å². The second kappa shape index (κ2) is 8.58. The van der Waals surface area contributed by atoms with Crippen LogP contribution >= 0.6 is 0 Å². The number of likely N-dealkylation sites (N-methyl/N-ethyl adjacent to an activating group) is 1. The molecule has 1 aromatic carbocycles. The molecule has 2 amide bonds. The SMILES string of the molecule is CC1=C(C(=O)Nc2cc(Oc3ccc4nc(NC(=O)C5CC5)cn4n3)ccc2F)N(C)N=CC1. The molecule has 0 spiro atoms. The summed E-state index contributed by atoms with van der Waals surface area (Å²) in [6.45, 7) is 1.83. The van der Waals surface area contributed by atoms with Gasteiger partial charge in [-0.2, -0.15) is 5.10 Å². The van der Waals surface area contributed by atoms with Gasteiger partial charge < -0.3 is 15.4 Å². The van der Waals surface area contributed by atoms with Crippen molar-refractivity contribution >= 4 is 35.2 Å². The molecule has 1 aliphatic heterocycles. The average Bonchev–Trinajstić information content (AvgIpc) is 3.57. The minimum atomic E-state index is -0.602. The van der Waals surface area contributed by atoms with Crippen LogP contribution in [0.1, 0.15) is 26.2 Å². The maximum Gasteiger partial charge on any atom is 0.273 e. The second-order valence-corrected chi connectivity index (χ2v) is 8.22.